The van der Waals surface area contributed by atoms with Gasteiger partial charge in [0.25, 0.3) is 11.5 Å². The first kappa shape index (κ1) is 17.5. The van der Waals surface area contributed by atoms with Crippen LogP contribution in [0.1, 0.15) is 50.5 Å². The molecule has 0 aliphatic heterocycles. The second-order valence-corrected chi connectivity index (χ2v) is 5.35. The predicted molar refractivity (Wildman–Crippen MR) is 87.0 cm³/mol. The van der Waals surface area contributed by atoms with Crippen LogP contribution in [0.5, 0.6) is 0 Å². The number of hydrogen-bond donors (Lipinski definition) is 3. The van der Waals surface area contributed by atoms with Gasteiger partial charge in [-0.3, -0.25) is 9.59 Å². The molecule has 0 saturated heterocycles. The molecular weight excluding hydrogens is 312 g/mol. The zero-order valence-electron chi connectivity index (χ0n) is 14.1. The molecule has 0 bridgehead atoms. The lowest BCUT2D eigenvalue weighted by atomic mass is 10.1. The number of hydrogen-bond acceptors (Lipinski definition) is 5. The predicted octanol–water partition coefficient (Wildman–Crippen LogP) is 1.13. The number of aryl methyl sites for hydroxylation is 2. The van der Waals surface area contributed by atoms with Crippen molar-refractivity contribution in [3.63, 3.8) is 0 Å². The normalized spacial score (nSPS) is 10.5. The second-order valence-electron chi connectivity index (χ2n) is 5.35. The Hall–Kier alpha value is -2.90. The summed E-state index contributed by atoms with van der Waals surface area (Å²) in [4.78, 5) is 45.3. The third-order valence-electron chi connectivity index (χ3n) is 3.49. The maximum Gasteiger partial charge on any atom is 0.340 e. The van der Waals surface area contributed by atoms with E-state index in [9.17, 15) is 14.4 Å². The Bertz CT molecular complexity index is 835. The van der Waals surface area contributed by atoms with Gasteiger partial charge in [0, 0.05) is 11.8 Å². The van der Waals surface area contributed by atoms with Crippen LogP contribution in [-0.4, -0.2) is 33.4 Å². The summed E-state index contributed by atoms with van der Waals surface area (Å²) in [5.74, 6) is -0.371. The van der Waals surface area contributed by atoms with Crippen molar-refractivity contribution in [2.45, 2.75) is 34.2 Å². The Morgan fingerprint density at radius 3 is 2.58 bits per heavy atom. The first-order chi connectivity index (χ1) is 11.3. The summed E-state index contributed by atoms with van der Waals surface area (Å²) in [6.07, 6.45) is 0. The lowest BCUT2D eigenvalue weighted by Gasteiger charge is -2.05. The van der Waals surface area contributed by atoms with Gasteiger partial charge in [0.1, 0.15) is 11.5 Å². The summed E-state index contributed by atoms with van der Waals surface area (Å²) >= 11 is 0. The fraction of sp³-hybridized carbons (Fsp3) is 0.375. The third kappa shape index (κ3) is 3.70. The van der Waals surface area contributed by atoms with E-state index in [4.69, 9.17) is 4.74 Å². The van der Waals surface area contributed by atoms with Crippen LogP contribution in [0, 0.1) is 20.8 Å². The molecule has 2 aromatic heterocycles. The van der Waals surface area contributed by atoms with E-state index < -0.39 is 5.97 Å². The van der Waals surface area contributed by atoms with Crippen molar-refractivity contribution < 1.29 is 14.3 Å². The summed E-state index contributed by atoms with van der Waals surface area (Å²) in [5.41, 5.74) is 1.93. The van der Waals surface area contributed by atoms with Gasteiger partial charge in [0.2, 0.25) is 0 Å². The summed E-state index contributed by atoms with van der Waals surface area (Å²) < 4.78 is 5.00. The van der Waals surface area contributed by atoms with Crippen LogP contribution < -0.4 is 10.9 Å². The molecule has 0 radical (unpaired) electrons. The van der Waals surface area contributed by atoms with Crippen molar-refractivity contribution in [2.75, 3.05) is 6.61 Å². The molecule has 0 atom stereocenters. The minimum absolute atomic E-state index is 0.107. The van der Waals surface area contributed by atoms with Crippen molar-refractivity contribution in [3.8, 4) is 0 Å². The number of esters is 1. The molecule has 0 aliphatic carbocycles. The highest BCUT2D eigenvalue weighted by atomic mass is 16.5. The monoisotopic (exact) mass is 332 g/mol. The minimum Gasteiger partial charge on any atom is -0.462 e. The Morgan fingerprint density at radius 1 is 1.25 bits per heavy atom. The van der Waals surface area contributed by atoms with E-state index in [2.05, 4.69) is 20.3 Å². The molecule has 0 unspecified atom stereocenters. The molecule has 24 heavy (non-hydrogen) atoms. The highest BCUT2D eigenvalue weighted by Crippen LogP contribution is 2.19. The van der Waals surface area contributed by atoms with E-state index in [1.807, 2.05) is 0 Å². The second kappa shape index (κ2) is 7.12. The topological polar surface area (TPSA) is 117 Å². The molecule has 1 amide bonds. The number of nitrogens with zero attached hydrogens (tertiary/aromatic N) is 1. The molecule has 0 fully saturated rings. The number of nitrogens with one attached hydrogen (secondary N) is 3. The Morgan fingerprint density at radius 2 is 1.96 bits per heavy atom. The van der Waals surface area contributed by atoms with Crippen LogP contribution in [0.2, 0.25) is 0 Å². The molecule has 2 heterocycles. The number of carbonyl (C=O) groups excluding carboxylic acids is 2. The first-order valence-electron chi connectivity index (χ1n) is 7.54. The fourth-order valence-corrected chi connectivity index (χ4v) is 2.48. The van der Waals surface area contributed by atoms with Crippen molar-refractivity contribution in [1.29, 1.82) is 0 Å². The van der Waals surface area contributed by atoms with Gasteiger partial charge in [-0.1, -0.05) is 0 Å². The molecule has 0 aliphatic rings. The molecule has 8 nitrogen and oxygen atoms in total. The van der Waals surface area contributed by atoms with Crippen molar-refractivity contribution in [2.24, 2.45) is 0 Å². The van der Waals surface area contributed by atoms with Gasteiger partial charge in [-0.2, -0.15) is 0 Å². The van der Waals surface area contributed by atoms with Gasteiger partial charge >= 0.3 is 5.97 Å². The molecule has 8 heteroatoms. The molecular formula is C16H20N4O4. The van der Waals surface area contributed by atoms with E-state index in [1.165, 1.54) is 6.07 Å². The molecule has 0 aromatic carbocycles. The largest absolute Gasteiger partial charge is 0.462 e. The zero-order valence-corrected chi connectivity index (χ0v) is 14.1. The SMILES string of the molecule is CCOC(=O)c1c(C)[nH]c(C(=O)NCc2cc(=O)[nH]c(C)n2)c1C. The van der Waals surface area contributed by atoms with Crippen LogP contribution in [0.15, 0.2) is 10.9 Å². The Balaban J connectivity index is 2.17. The van der Waals surface area contributed by atoms with Crippen LogP contribution in [-0.2, 0) is 11.3 Å². The van der Waals surface area contributed by atoms with E-state index in [0.29, 0.717) is 28.3 Å². The van der Waals surface area contributed by atoms with Gasteiger partial charge in [-0.25, -0.2) is 9.78 Å². The summed E-state index contributed by atoms with van der Waals surface area (Å²) in [6.45, 7) is 7.14. The fourth-order valence-electron chi connectivity index (χ4n) is 2.48. The van der Waals surface area contributed by atoms with E-state index in [1.54, 1.807) is 27.7 Å². The van der Waals surface area contributed by atoms with Crippen molar-refractivity contribution in [1.82, 2.24) is 20.3 Å². The van der Waals surface area contributed by atoms with Gasteiger partial charge in [-0.05, 0) is 33.3 Å². The maximum atomic E-state index is 12.3. The molecule has 128 valence electrons. The van der Waals surface area contributed by atoms with Gasteiger partial charge in [-0.15, -0.1) is 0 Å². The number of ether oxygens (including phenoxy) is 1. The van der Waals surface area contributed by atoms with E-state index >= 15 is 0 Å². The summed E-state index contributed by atoms with van der Waals surface area (Å²) in [6, 6.07) is 1.32. The highest BCUT2D eigenvalue weighted by Gasteiger charge is 2.22. The maximum absolute atomic E-state index is 12.3. The van der Waals surface area contributed by atoms with Crippen molar-refractivity contribution in [3.05, 3.63) is 50.5 Å². The average molecular weight is 332 g/mol. The highest BCUT2D eigenvalue weighted by molar-refractivity contribution is 6.00. The van der Waals surface area contributed by atoms with Crippen LogP contribution in [0.4, 0.5) is 0 Å². The number of aromatic amines is 2. The molecule has 0 spiro atoms. The molecule has 3 N–H and O–H groups in total. The number of aromatic nitrogens is 3. The first-order valence-corrected chi connectivity index (χ1v) is 7.54. The number of amides is 1. The minimum atomic E-state index is -0.463. The Labute approximate surface area is 138 Å². The van der Waals surface area contributed by atoms with Crippen molar-refractivity contribution >= 4 is 11.9 Å². The van der Waals surface area contributed by atoms with Gasteiger partial charge < -0.3 is 20.0 Å². The lowest BCUT2D eigenvalue weighted by Crippen LogP contribution is -2.25. The Kier molecular flexibility index (Phi) is 5.18. The van der Waals surface area contributed by atoms with Gasteiger partial charge in [0.15, 0.2) is 0 Å². The third-order valence-corrected chi connectivity index (χ3v) is 3.49. The van der Waals surface area contributed by atoms with Crippen LogP contribution in [0.3, 0.4) is 0 Å². The summed E-state index contributed by atoms with van der Waals surface area (Å²) in [5, 5.41) is 2.68. The molecule has 0 saturated carbocycles. The standard InChI is InChI=1S/C16H20N4O4/c1-5-24-16(23)13-8(2)14(18-9(13)3)15(22)17-7-11-6-12(21)20-10(4)19-11/h6,18H,5,7H2,1-4H3,(H,17,22)(H,19,20,21). The number of rotatable bonds is 5. The summed E-state index contributed by atoms with van der Waals surface area (Å²) in [7, 11) is 0. The van der Waals surface area contributed by atoms with Crippen LogP contribution >= 0.6 is 0 Å². The van der Waals surface area contributed by atoms with E-state index in [0.717, 1.165) is 0 Å². The lowest BCUT2D eigenvalue weighted by molar-refractivity contribution is 0.0525. The molecule has 2 rings (SSSR count). The number of H-pyrrole nitrogens is 2. The van der Waals surface area contributed by atoms with Crippen LogP contribution in [0.25, 0.3) is 0 Å². The zero-order chi connectivity index (χ0) is 17.9. The quantitative estimate of drug-likeness (QED) is 0.710. The smallest absolute Gasteiger partial charge is 0.340 e. The number of carbonyl (C=O) groups is 2. The molecule has 2 aromatic rings. The average Bonchev–Trinajstić information content (AvgIpc) is 2.79. The van der Waals surface area contributed by atoms with Gasteiger partial charge in [0.05, 0.1) is 24.4 Å². The van der Waals surface area contributed by atoms with E-state index in [-0.39, 0.29) is 30.3 Å².